The number of methoxy groups -OCH3 is 1. The molecule has 2 rings (SSSR count). The number of carbonyl (C=O) groups excluding carboxylic acids is 2. The summed E-state index contributed by atoms with van der Waals surface area (Å²) >= 11 is 0. The van der Waals surface area contributed by atoms with Crippen molar-refractivity contribution in [2.45, 2.75) is 31.4 Å². The summed E-state index contributed by atoms with van der Waals surface area (Å²) in [6.07, 6.45) is 0.00336. The number of hydrogen-bond acceptors (Lipinski definition) is 5. The van der Waals surface area contributed by atoms with Crippen LogP contribution in [0.5, 0.6) is 0 Å². The summed E-state index contributed by atoms with van der Waals surface area (Å²) in [5, 5.41) is 2.76. The molecule has 0 aliphatic heterocycles. The zero-order valence-corrected chi connectivity index (χ0v) is 16.7. The molecule has 8 heteroatoms. The highest BCUT2D eigenvalue weighted by atomic mass is 32.2. The predicted molar refractivity (Wildman–Crippen MR) is 105 cm³/mol. The number of ether oxygens (including phenoxy) is 1. The first-order valence-corrected chi connectivity index (χ1v) is 10.2. The number of carbonyl (C=O) groups is 2. The summed E-state index contributed by atoms with van der Waals surface area (Å²) < 4.78 is 32.1. The Morgan fingerprint density at radius 1 is 1.04 bits per heavy atom. The van der Waals surface area contributed by atoms with E-state index in [0.717, 1.165) is 11.1 Å². The van der Waals surface area contributed by atoms with Gasteiger partial charge in [0.2, 0.25) is 15.9 Å². The first kappa shape index (κ1) is 21.7. The molecule has 2 aromatic rings. The number of nitrogens with one attached hydrogen (secondary N) is 2. The Balaban J connectivity index is 1.83. The zero-order chi connectivity index (χ0) is 20.6. The van der Waals surface area contributed by atoms with E-state index < -0.39 is 10.0 Å². The first-order valence-electron chi connectivity index (χ1n) is 8.76. The second kappa shape index (κ2) is 10.1. The molecule has 0 saturated heterocycles. The minimum atomic E-state index is -3.79. The van der Waals surface area contributed by atoms with Crippen LogP contribution in [0.3, 0.4) is 0 Å². The first-order chi connectivity index (χ1) is 13.3. The van der Waals surface area contributed by atoms with Crippen LogP contribution in [0.1, 0.15) is 34.8 Å². The maximum atomic E-state index is 12.3. The van der Waals surface area contributed by atoms with Crippen LogP contribution in [-0.4, -0.2) is 33.8 Å². The summed E-state index contributed by atoms with van der Waals surface area (Å²) in [5.41, 5.74) is 2.26. The van der Waals surface area contributed by atoms with E-state index in [-0.39, 0.29) is 29.6 Å². The van der Waals surface area contributed by atoms with Crippen LogP contribution in [-0.2, 0) is 32.7 Å². The second-order valence-electron chi connectivity index (χ2n) is 6.26. The van der Waals surface area contributed by atoms with Crippen molar-refractivity contribution >= 4 is 21.7 Å². The lowest BCUT2D eigenvalue weighted by Gasteiger charge is -2.09. The SMILES string of the molecule is COCc1cccc(CNC(=O)CCNS(=O)(=O)c2cccc(C(C)=O)c2)c1. The highest BCUT2D eigenvalue weighted by molar-refractivity contribution is 7.89. The van der Waals surface area contributed by atoms with Gasteiger partial charge in [-0.25, -0.2) is 13.1 Å². The number of ketones is 1. The van der Waals surface area contributed by atoms with E-state index in [4.69, 9.17) is 4.74 Å². The molecule has 0 radical (unpaired) electrons. The summed E-state index contributed by atoms with van der Waals surface area (Å²) in [4.78, 5) is 23.4. The van der Waals surface area contributed by atoms with E-state index in [2.05, 4.69) is 10.0 Å². The van der Waals surface area contributed by atoms with Gasteiger partial charge in [-0.2, -0.15) is 0 Å². The van der Waals surface area contributed by atoms with Crippen molar-refractivity contribution in [3.8, 4) is 0 Å². The maximum Gasteiger partial charge on any atom is 0.240 e. The molecule has 150 valence electrons. The molecular formula is C20H24N2O5S. The zero-order valence-electron chi connectivity index (χ0n) is 15.9. The monoisotopic (exact) mass is 404 g/mol. The lowest BCUT2D eigenvalue weighted by atomic mass is 10.1. The smallest absolute Gasteiger partial charge is 0.240 e. The van der Waals surface area contributed by atoms with Gasteiger partial charge in [0.15, 0.2) is 5.78 Å². The van der Waals surface area contributed by atoms with E-state index in [1.807, 2.05) is 24.3 Å². The fraction of sp³-hybridized carbons (Fsp3) is 0.300. The molecule has 28 heavy (non-hydrogen) atoms. The topological polar surface area (TPSA) is 102 Å². The Bertz CT molecular complexity index is 941. The largest absolute Gasteiger partial charge is 0.380 e. The van der Waals surface area contributed by atoms with Crippen molar-refractivity contribution < 1.29 is 22.7 Å². The lowest BCUT2D eigenvalue weighted by molar-refractivity contribution is -0.121. The summed E-state index contributed by atoms with van der Waals surface area (Å²) in [5.74, 6) is -0.483. The van der Waals surface area contributed by atoms with Crippen LogP contribution in [0, 0.1) is 0 Å². The number of amides is 1. The van der Waals surface area contributed by atoms with Crippen LogP contribution < -0.4 is 10.0 Å². The molecule has 1 amide bonds. The Hall–Kier alpha value is -2.55. The van der Waals surface area contributed by atoms with Crippen molar-refractivity contribution in [3.05, 3.63) is 65.2 Å². The van der Waals surface area contributed by atoms with E-state index in [0.29, 0.717) is 18.7 Å². The molecule has 0 unspecified atom stereocenters. The Morgan fingerprint density at radius 2 is 1.75 bits per heavy atom. The molecule has 0 bridgehead atoms. The normalized spacial score (nSPS) is 11.2. The van der Waals surface area contributed by atoms with E-state index >= 15 is 0 Å². The third-order valence-electron chi connectivity index (χ3n) is 3.99. The van der Waals surface area contributed by atoms with Gasteiger partial charge in [-0.05, 0) is 30.2 Å². The maximum absolute atomic E-state index is 12.3. The average Bonchev–Trinajstić information content (AvgIpc) is 2.67. The Kier molecular flexibility index (Phi) is 7.86. The second-order valence-corrected chi connectivity index (χ2v) is 8.03. The number of sulfonamides is 1. The fourth-order valence-corrected chi connectivity index (χ4v) is 3.63. The quantitative estimate of drug-likeness (QED) is 0.590. The van der Waals surface area contributed by atoms with Crippen LogP contribution in [0.25, 0.3) is 0 Å². The molecule has 2 aromatic carbocycles. The number of benzene rings is 2. The molecule has 0 heterocycles. The minimum absolute atomic E-state index is 0.00336. The summed E-state index contributed by atoms with van der Waals surface area (Å²) in [6.45, 7) is 2.18. The molecule has 0 aromatic heterocycles. The molecule has 0 spiro atoms. The Morgan fingerprint density at radius 3 is 2.46 bits per heavy atom. The third kappa shape index (κ3) is 6.56. The van der Waals surface area contributed by atoms with Crippen molar-refractivity contribution in [1.82, 2.24) is 10.0 Å². The minimum Gasteiger partial charge on any atom is -0.380 e. The van der Waals surface area contributed by atoms with Crippen LogP contribution in [0.15, 0.2) is 53.4 Å². The van der Waals surface area contributed by atoms with Gasteiger partial charge in [0.25, 0.3) is 0 Å². The molecule has 0 aliphatic carbocycles. The summed E-state index contributed by atoms with van der Waals surface area (Å²) in [7, 11) is -2.17. The van der Waals surface area contributed by atoms with Crippen molar-refractivity contribution in [3.63, 3.8) is 0 Å². The van der Waals surface area contributed by atoms with Crippen LogP contribution in [0.2, 0.25) is 0 Å². The average molecular weight is 404 g/mol. The number of hydrogen-bond donors (Lipinski definition) is 2. The fourth-order valence-electron chi connectivity index (χ4n) is 2.55. The van der Waals surface area contributed by atoms with Gasteiger partial charge >= 0.3 is 0 Å². The van der Waals surface area contributed by atoms with Gasteiger partial charge in [0.05, 0.1) is 11.5 Å². The molecule has 0 saturated carbocycles. The van der Waals surface area contributed by atoms with Gasteiger partial charge in [0, 0.05) is 32.2 Å². The standard InChI is InChI=1S/C20H24N2O5S/c1-15(23)18-7-4-8-19(12-18)28(25,26)22-10-9-20(24)21-13-16-5-3-6-17(11-16)14-27-2/h3-8,11-12,22H,9-10,13-14H2,1-2H3,(H,21,24). The molecular weight excluding hydrogens is 380 g/mol. The summed E-state index contributed by atoms with van der Waals surface area (Å²) in [6, 6.07) is 13.4. The molecule has 0 aliphatic rings. The number of rotatable bonds is 10. The van der Waals surface area contributed by atoms with Crippen molar-refractivity contribution in [1.29, 1.82) is 0 Å². The van der Waals surface area contributed by atoms with E-state index in [1.165, 1.54) is 25.1 Å². The Labute approximate surface area is 165 Å². The van der Waals surface area contributed by atoms with Gasteiger partial charge in [-0.1, -0.05) is 36.4 Å². The van der Waals surface area contributed by atoms with E-state index in [1.54, 1.807) is 13.2 Å². The van der Waals surface area contributed by atoms with Gasteiger partial charge in [-0.3, -0.25) is 9.59 Å². The molecule has 7 nitrogen and oxygen atoms in total. The van der Waals surface area contributed by atoms with Crippen molar-refractivity contribution in [2.24, 2.45) is 0 Å². The molecule has 2 N–H and O–H groups in total. The van der Waals surface area contributed by atoms with Gasteiger partial charge in [-0.15, -0.1) is 0 Å². The predicted octanol–water partition coefficient (Wildman–Crippen LogP) is 2.02. The highest BCUT2D eigenvalue weighted by Gasteiger charge is 2.15. The number of Topliss-reactive ketones (excluding diaryl/α,β-unsaturated/α-hetero) is 1. The molecule has 0 atom stereocenters. The van der Waals surface area contributed by atoms with Gasteiger partial charge < -0.3 is 10.1 Å². The van der Waals surface area contributed by atoms with E-state index in [9.17, 15) is 18.0 Å². The lowest BCUT2D eigenvalue weighted by Crippen LogP contribution is -2.30. The van der Waals surface area contributed by atoms with Crippen LogP contribution in [0.4, 0.5) is 0 Å². The molecule has 0 fully saturated rings. The van der Waals surface area contributed by atoms with Gasteiger partial charge in [0.1, 0.15) is 0 Å². The third-order valence-corrected chi connectivity index (χ3v) is 5.45. The van der Waals surface area contributed by atoms with Crippen LogP contribution >= 0.6 is 0 Å². The highest BCUT2D eigenvalue weighted by Crippen LogP contribution is 2.12. The van der Waals surface area contributed by atoms with Crippen molar-refractivity contribution in [2.75, 3.05) is 13.7 Å².